The van der Waals surface area contributed by atoms with Crippen molar-refractivity contribution < 1.29 is 0 Å². The second-order valence-corrected chi connectivity index (χ2v) is 7.75. The average molecular weight is 365 g/mol. The molecule has 3 heterocycles. The van der Waals surface area contributed by atoms with Crippen molar-refractivity contribution in [1.29, 1.82) is 0 Å². The molecule has 0 bridgehead atoms. The minimum atomic E-state index is -0.0478. The molecule has 4 rings (SSSR count). The van der Waals surface area contributed by atoms with E-state index in [0.29, 0.717) is 11.4 Å². The number of rotatable bonds is 4. The lowest BCUT2D eigenvalue weighted by Gasteiger charge is -2.04. The monoisotopic (exact) mass is 365 g/mol. The van der Waals surface area contributed by atoms with Crippen molar-refractivity contribution in [2.24, 2.45) is 0 Å². The van der Waals surface area contributed by atoms with Gasteiger partial charge in [0, 0.05) is 29.0 Å². The lowest BCUT2D eigenvalue weighted by Crippen LogP contribution is -2.15. The summed E-state index contributed by atoms with van der Waals surface area (Å²) in [5, 5.41) is 2.06. The molecular weight excluding hydrogens is 350 g/mol. The Morgan fingerprint density at radius 2 is 1.96 bits per heavy atom. The van der Waals surface area contributed by atoms with Crippen LogP contribution >= 0.6 is 23.1 Å². The summed E-state index contributed by atoms with van der Waals surface area (Å²) in [4.78, 5) is 21.5. The maximum Gasteiger partial charge on any atom is 0.258 e. The van der Waals surface area contributed by atoms with Gasteiger partial charge in [0.15, 0.2) is 4.34 Å². The minimum Gasteiger partial charge on any atom is -0.269 e. The maximum atomic E-state index is 12.3. The summed E-state index contributed by atoms with van der Waals surface area (Å²) in [6, 6.07) is 15.6. The summed E-state index contributed by atoms with van der Waals surface area (Å²) in [5.74, 6) is 0.626. The molecule has 0 radical (unpaired) electrons. The number of nitrogens with zero attached hydrogens (tertiary/aromatic N) is 3. The van der Waals surface area contributed by atoms with Gasteiger partial charge in [-0.2, -0.15) is 0 Å². The van der Waals surface area contributed by atoms with Gasteiger partial charge in [0.1, 0.15) is 5.65 Å². The fourth-order valence-electron chi connectivity index (χ4n) is 2.53. The molecule has 0 aliphatic heterocycles. The van der Waals surface area contributed by atoms with Crippen LogP contribution in [0.3, 0.4) is 0 Å². The fourth-order valence-corrected chi connectivity index (χ4v) is 4.26. The van der Waals surface area contributed by atoms with Crippen LogP contribution in [0.25, 0.3) is 16.9 Å². The van der Waals surface area contributed by atoms with Crippen molar-refractivity contribution in [2.45, 2.75) is 17.0 Å². The average Bonchev–Trinajstić information content (AvgIpc) is 3.10. The highest BCUT2D eigenvalue weighted by Gasteiger charge is 2.07. The number of pyridine rings is 1. The van der Waals surface area contributed by atoms with Crippen LogP contribution in [0.1, 0.15) is 11.3 Å². The molecule has 3 aromatic heterocycles. The van der Waals surface area contributed by atoms with Crippen LogP contribution in [0.5, 0.6) is 0 Å². The van der Waals surface area contributed by atoms with Gasteiger partial charge in [-0.25, -0.2) is 9.97 Å². The third kappa shape index (κ3) is 3.50. The molecule has 0 saturated carbocycles. The van der Waals surface area contributed by atoms with Crippen LogP contribution in [-0.4, -0.2) is 14.4 Å². The van der Waals surface area contributed by atoms with Crippen LogP contribution in [0.2, 0.25) is 0 Å². The molecule has 0 aliphatic rings. The first-order valence-electron chi connectivity index (χ1n) is 7.82. The summed E-state index contributed by atoms with van der Waals surface area (Å²) < 4.78 is 2.56. The molecular formula is C19H15N3OS2. The van der Waals surface area contributed by atoms with Crippen molar-refractivity contribution in [2.75, 3.05) is 0 Å². The Balaban J connectivity index is 1.54. The maximum absolute atomic E-state index is 12.3. The molecule has 0 amide bonds. The van der Waals surface area contributed by atoms with Crippen LogP contribution in [0.4, 0.5) is 0 Å². The Hall–Kier alpha value is -2.44. The molecule has 25 heavy (non-hydrogen) atoms. The number of benzene rings is 1. The highest BCUT2D eigenvalue weighted by molar-refractivity contribution is 8.00. The van der Waals surface area contributed by atoms with E-state index in [9.17, 15) is 4.79 Å². The van der Waals surface area contributed by atoms with Crippen LogP contribution in [0.15, 0.2) is 69.2 Å². The van der Waals surface area contributed by atoms with Gasteiger partial charge in [-0.05, 0) is 18.6 Å². The standard InChI is InChI=1S/C19H15N3OS2/c1-13-7-8-17-20-15(9-18(23)22(17)10-13)11-24-19-21-16(12-25-19)14-5-3-2-4-6-14/h2-10,12H,11H2,1H3. The smallest absolute Gasteiger partial charge is 0.258 e. The van der Waals surface area contributed by atoms with Gasteiger partial charge >= 0.3 is 0 Å². The molecule has 6 heteroatoms. The van der Waals surface area contributed by atoms with E-state index < -0.39 is 0 Å². The third-order valence-electron chi connectivity index (χ3n) is 3.76. The molecule has 0 fully saturated rings. The van der Waals surface area contributed by atoms with E-state index in [1.54, 1.807) is 33.6 Å². The van der Waals surface area contributed by atoms with E-state index >= 15 is 0 Å². The summed E-state index contributed by atoms with van der Waals surface area (Å²) >= 11 is 3.22. The number of aryl methyl sites for hydroxylation is 1. The summed E-state index contributed by atoms with van der Waals surface area (Å²) in [7, 11) is 0. The second kappa shape index (κ2) is 6.82. The van der Waals surface area contributed by atoms with Crippen molar-refractivity contribution in [3.63, 3.8) is 0 Å². The molecule has 0 spiro atoms. The van der Waals surface area contributed by atoms with Gasteiger partial charge in [-0.3, -0.25) is 9.20 Å². The number of thiazole rings is 1. The molecule has 4 nitrogen and oxygen atoms in total. The first-order valence-corrected chi connectivity index (χ1v) is 9.68. The zero-order chi connectivity index (χ0) is 17.2. The first kappa shape index (κ1) is 16.1. The normalized spacial score (nSPS) is 11.1. The quantitative estimate of drug-likeness (QED) is 0.502. The minimum absolute atomic E-state index is 0.0478. The predicted octanol–water partition coefficient (Wildman–Crippen LogP) is 4.42. The highest BCUT2D eigenvalue weighted by atomic mass is 32.2. The van der Waals surface area contributed by atoms with Gasteiger partial charge in [0.05, 0.1) is 11.4 Å². The summed E-state index contributed by atoms with van der Waals surface area (Å²) in [6.45, 7) is 1.96. The zero-order valence-electron chi connectivity index (χ0n) is 13.5. The number of aromatic nitrogens is 3. The lowest BCUT2D eigenvalue weighted by atomic mass is 10.2. The van der Waals surface area contributed by atoms with Gasteiger partial charge in [0.25, 0.3) is 5.56 Å². The summed E-state index contributed by atoms with van der Waals surface area (Å²) in [5.41, 5.74) is 4.54. The molecule has 1 aromatic carbocycles. The van der Waals surface area contributed by atoms with E-state index in [4.69, 9.17) is 0 Å². The van der Waals surface area contributed by atoms with E-state index in [2.05, 4.69) is 27.5 Å². The second-order valence-electron chi connectivity index (χ2n) is 5.67. The van der Waals surface area contributed by atoms with Gasteiger partial charge in [-0.1, -0.05) is 48.2 Å². The Kier molecular flexibility index (Phi) is 4.38. The topological polar surface area (TPSA) is 47.3 Å². The Morgan fingerprint density at radius 3 is 2.80 bits per heavy atom. The predicted molar refractivity (Wildman–Crippen MR) is 103 cm³/mol. The highest BCUT2D eigenvalue weighted by Crippen LogP contribution is 2.29. The SMILES string of the molecule is Cc1ccc2nc(CSc3nc(-c4ccccc4)cs3)cc(=O)n2c1. The molecule has 0 atom stereocenters. The van der Waals surface area contributed by atoms with E-state index in [1.165, 1.54) is 0 Å². The number of fused-ring (bicyclic) bond motifs is 1. The largest absolute Gasteiger partial charge is 0.269 e. The van der Waals surface area contributed by atoms with Crippen LogP contribution in [0, 0.1) is 6.92 Å². The number of thioether (sulfide) groups is 1. The molecule has 0 aliphatic carbocycles. The van der Waals surface area contributed by atoms with Crippen molar-refractivity contribution in [3.8, 4) is 11.3 Å². The van der Waals surface area contributed by atoms with E-state index in [1.807, 2.05) is 43.5 Å². The lowest BCUT2D eigenvalue weighted by molar-refractivity contribution is 1.00. The van der Waals surface area contributed by atoms with Gasteiger partial charge in [0.2, 0.25) is 0 Å². The molecule has 0 N–H and O–H groups in total. The van der Waals surface area contributed by atoms with Crippen LogP contribution < -0.4 is 5.56 Å². The molecule has 124 valence electrons. The first-order chi connectivity index (χ1) is 12.2. The van der Waals surface area contributed by atoms with E-state index in [0.717, 1.165) is 26.9 Å². The van der Waals surface area contributed by atoms with Gasteiger partial charge in [-0.15, -0.1) is 11.3 Å². The zero-order valence-corrected chi connectivity index (χ0v) is 15.2. The van der Waals surface area contributed by atoms with Crippen molar-refractivity contribution in [1.82, 2.24) is 14.4 Å². The van der Waals surface area contributed by atoms with Crippen LogP contribution in [-0.2, 0) is 5.75 Å². The Labute approximate surface area is 153 Å². The Bertz CT molecular complexity index is 1090. The molecule has 4 aromatic rings. The fraction of sp³-hybridized carbons (Fsp3) is 0.105. The third-order valence-corrected chi connectivity index (χ3v) is 5.81. The van der Waals surface area contributed by atoms with Gasteiger partial charge < -0.3 is 0 Å². The van der Waals surface area contributed by atoms with Crippen molar-refractivity contribution in [3.05, 3.63) is 81.7 Å². The van der Waals surface area contributed by atoms with Crippen molar-refractivity contribution >= 4 is 28.7 Å². The molecule has 0 unspecified atom stereocenters. The Morgan fingerprint density at radius 1 is 1.12 bits per heavy atom. The molecule has 0 saturated heterocycles. The summed E-state index contributed by atoms with van der Waals surface area (Å²) in [6.07, 6.45) is 1.81. The number of hydrogen-bond donors (Lipinski definition) is 0. The van der Waals surface area contributed by atoms with E-state index in [-0.39, 0.29) is 5.56 Å². The number of hydrogen-bond acceptors (Lipinski definition) is 5.